The van der Waals surface area contributed by atoms with Crippen molar-refractivity contribution >= 4 is 34.6 Å². The van der Waals surface area contributed by atoms with Gasteiger partial charge in [0.1, 0.15) is 22.9 Å². The van der Waals surface area contributed by atoms with Crippen LogP contribution in [0, 0.1) is 17.8 Å². The number of amides is 1. The molecule has 2 aromatic carbocycles. The van der Waals surface area contributed by atoms with E-state index in [1.807, 2.05) is 38.4 Å². The smallest absolute Gasteiger partial charge is 0.292 e. The molecule has 1 fully saturated rings. The molecule has 11 heteroatoms. The number of anilines is 1. The van der Waals surface area contributed by atoms with Gasteiger partial charge in [0.05, 0.1) is 29.4 Å². The summed E-state index contributed by atoms with van der Waals surface area (Å²) in [5, 5.41) is 0.504. The minimum absolute atomic E-state index is 0.0777. The summed E-state index contributed by atoms with van der Waals surface area (Å²) in [5.74, 6) is 1.24. The lowest BCUT2D eigenvalue weighted by Gasteiger charge is -2.51. The largest absolute Gasteiger partial charge is 0.593 e. The lowest BCUT2D eigenvalue weighted by Crippen LogP contribution is -2.56. The first-order chi connectivity index (χ1) is 25.2. The Morgan fingerprint density at radius 2 is 2.04 bits per heavy atom. The quantitative estimate of drug-likeness (QED) is 0.215. The number of carbonyl (C=O) groups is 1. The number of benzene rings is 2. The molecular weight excluding hydrogens is 694 g/mol. The molecule has 4 heterocycles. The van der Waals surface area contributed by atoms with Gasteiger partial charge in [0.15, 0.2) is 0 Å². The summed E-state index contributed by atoms with van der Waals surface area (Å²) < 4.78 is 29.6. The van der Waals surface area contributed by atoms with E-state index in [4.69, 9.17) is 21.1 Å². The zero-order valence-corrected chi connectivity index (χ0v) is 32.4. The van der Waals surface area contributed by atoms with Crippen molar-refractivity contribution in [2.75, 3.05) is 44.8 Å². The van der Waals surface area contributed by atoms with E-state index >= 15 is 0 Å². The Bertz CT molecular complexity index is 1780. The summed E-state index contributed by atoms with van der Waals surface area (Å²) in [6, 6.07) is 11.9. The lowest BCUT2D eigenvalue weighted by molar-refractivity contribution is -0.0932. The highest BCUT2D eigenvalue weighted by Crippen LogP contribution is 2.47. The third kappa shape index (κ3) is 7.73. The van der Waals surface area contributed by atoms with Gasteiger partial charge >= 0.3 is 0 Å². The molecule has 9 nitrogen and oxygen atoms in total. The van der Waals surface area contributed by atoms with Gasteiger partial charge in [-0.15, -0.1) is 0 Å². The third-order valence-corrected chi connectivity index (χ3v) is 13.8. The van der Waals surface area contributed by atoms with E-state index in [2.05, 4.69) is 62.6 Å². The summed E-state index contributed by atoms with van der Waals surface area (Å²) >= 11 is 4.94. The van der Waals surface area contributed by atoms with Gasteiger partial charge < -0.3 is 18.9 Å². The van der Waals surface area contributed by atoms with Crippen molar-refractivity contribution in [2.24, 2.45) is 17.8 Å². The minimum atomic E-state index is -1.56. The minimum Gasteiger partial charge on any atom is -0.593 e. The van der Waals surface area contributed by atoms with E-state index in [0.29, 0.717) is 18.1 Å². The number of carbonyl (C=O) groups excluding carboxylic acids is 1. The van der Waals surface area contributed by atoms with Crippen molar-refractivity contribution in [1.82, 2.24) is 19.6 Å². The van der Waals surface area contributed by atoms with Gasteiger partial charge in [-0.3, -0.25) is 9.69 Å². The number of aromatic nitrogens is 2. The Morgan fingerprint density at radius 3 is 2.83 bits per heavy atom. The van der Waals surface area contributed by atoms with Crippen molar-refractivity contribution in [3.05, 3.63) is 94.0 Å². The SMILES string of the molecule is CCCc1cc(Cl)ccc1C1COc2ccc3cc2N(C1)CC1CCC1C(CN1CCc2cncnc2C1)(OC)/C=C/CC(C)C(C)[S+]([O-])NC3=O. The molecule has 1 amide bonds. The molecule has 0 spiro atoms. The van der Waals surface area contributed by atoms with E-state index in [9.17, 15) is 9.35 Å². The predicted molar refractivity (Wildman–Crippen MR) is 207 cm³/mol. The van der Waals surface area contributed by atoms with Gasteiger partial charge in [-0.2, -0.15) is 4.72 Å². The van der Waals surface area contributed by atoms with Crippen molar-refractivity contribution in [3.63, 3.8) is 0 Å². The first-order valence-electron chi connectivity index (χ1n) is 18.9. The van der Waals surface area contributed by atoms with Crippen LogP contribution in [0.25, 0.3) is 0 Å². The molecule has 1 N–H and O–H groups in total. The number of aryl methyl sites for hydroxylation is 1. The van der Waals surface area contributed by atoms with E-state index in [1.54, 1.807) is 12.4 Å². The topological polar surface area (TPSA) is 103 Å². The highest BCUT2D eigenvalue weighted by Gasteiger charge is 2.48. The fourth-order valence-corrected chi connectivity index (χ4v) is 9.88. The molecule has 3 aliphatic heterocycles. The molecule has 2 bridgehead atoms. The van der Waals surface area contributed by atoms with Crippen LogP contribution < -0.4 is 14.4 Å². The molecule has 7 atom stereocenters. The maximum Gasteiger partial charge on any atom is 0.292 e. The average molecular weight is 746 g/mol. The number of fused-ring (bicyclic) bond motifs is 3. The predicted octanol–water partition coefficient (Wildman–Crippen LogP) is 6.91. The highest BCUT2D eigenvalue weighted by atomic mass is 35.5. The fraction of sp³-hybridized carbons (Fsp3) is 0.537. The molecule has 52 heavy (non-hydrogen) atoms. The highest BCUT2D eigenvalue weighted by molar-refractivity contribution is 7.90. The molecular formula is C41H52ClN5O4S. The second-order valence-corrected chi connectivity index (χ2v) is 17.3. The van der Waals surface area contributed by atoms with Crippen LogP contribution in [0.4, 0.5) is 5.69 Å². The van der Waals surface area contributed by atoms with Crippen LogP contribution >= 0.6 is 11.6 Å². The Hall–Kier alpha value is -3.15. The molecule has 7 unspecified atom stereocenters. The molecule has 1 aromatic heterocycles. The van der Waals surface area contributed by atoms with Crippen molar-refractivity contribution in [1.29, 1.82) is 0 Å². The number of nitrogens with zero attached hydrogens (tertiary/aromatic N) is 4. The first-order valence-corrected chi connectivity index (χ1v) is 20.5. The normalized spacial score (nSPS) is 30.2. The molecule has 0 saturated heterocycles. The average Bonchev–Trinajstić information content (AvgIpc) is 3.31. The third-order valence-electron chi connectivity index (χ3n) is 12.0. The monoisotopic (exact) mass is 745 g/mol. The van der Waals surface area contributed by atoms with Gasteiger partial charge in [0.25, 0.3) is 5.91 Å². The summed E-state index contributed by atoms with van der Waals surface area (Å²) in [6.45, 7) is 10.7. The number of hydrogen-bond donors (Lipinski definition) is 1. The molecule has 1 saturated carbocycles. The van der Waals surface area contributed by atoms with Gasteiger partial charge in [-0.25, -0.2) is 9.97 Å². The zero-order chi connectivity index (χ0) is 36.4. The Morgan fingerprint density at radius 1 is 1.17 bits per heavy atom. The molecule has 0 radical (unpaired) electrons. The zero-order valence-electron chi connectivity index (χ0n) is 30.9. The summed E-state index contributed by atoms with van der Waals surface area (Å²) in [5.41, 5.74) is 5.70. The van der Waals surface area contributed by atoms with Gasteiger partial charge in [-0.05, 0) is 97.9 Å². The second-order valence-electron chi connectivity index (χ2n) is 15.3. The number of ether oxygens (including phenoxy) is 2. The summed E-state index contributed by atoms with van der Waals surface area (Å²) in [7, 11) is 1.86. The number of nitrogens with one attached hydrogen (secondary N) is 1. The Labute approximate surface area is 316 Å². The number of halogens is 1. The van der Waals surface area contributed by atoms with Crippen molar-refractivity contribution in [2.45, 2.75) is 82.6 Å². The van der Waals surface area contributed by atoms with Crippen LogP contribution in [0.3, 0.4) is 0 Å². The first kappa shape index (κ1) is 37.2. The molecule has 3 aromatic rings. The van der Waals surface area contributed by atoms with Crippen LogP contribution in [0.1, 0.15) is 85.1 Å². The number of methoxy groups -OCH3 is 1. The number of rotatable bonds is 6. The lowest BCUT2D eigenvalue weighted by atomic mass is 9.63. The van der Waals surface area contributed by atoms with Gasteiger partial charge in [-0.1, -0.05) is 50.1 Å². The molecule has 4 aliphatic rings. The molecule has 1 aliphatic carbocycles. The summed E-state index contributed by atoms with van der Waals surface area (Å²) in [4.78, 5) is 27.4. The van der Waals surface area contributed by atoms with E-state index in [1.165, 1.54) is 16.7 Å². The fourth-order valence-electron chi connectivity index (χ4n) is 8.66. The van der Waals surface area contributed by atoms with Gasteiger partial charge in [0.2, 0.25) is 0 Å². The summed E-state index contributed by atoms with van der Waals surface area (Å²) in [6.07, 6.45) is 13.9. The van der Waals surface area contributed by atoms with Crippen LogP contribution in [0.5, 0.6) is 5.75 Å². The maximum absolute atomic E-state index is 13.6. The maximum atomic E-state index is 13.6. The Kier molecular flexibility index (Phi) is 11.5. The Balaban J connectivity index is 1.26. The van der Waals surface area contributed by atoms with E-state index in [-0.39, 0.29) is 28.9 Å². The second kappa shape index (κ2) is 16.1. The van der Waals surface area contributed by atoms with Gasteiger partial charge in [0, 0.05) is 68.5 Å². The van der Waals surface area contributed by atoms with Crippen LogP contribution in [-0.2, 0) is 35.5 Å². The number of hydrogen-bond acceptors (Lipinski definition) is 8. The molecule has 278 valence electrons. The van der Waals surface area contributed by atoms with Crippen LogP contribution in [0.2, 0.25) is 5.02 Å². The standard InChI is InChI=1S/C41H52ClN5O4S/c1-5-7-29-18-34(42)11-12-35(29)33-22-47-21-32-9-13-36(32)41(50-4,25-46-17-15-31-20-43-26-44-37(31)23-46)16-6-8-27(2)28(3)52(49)45-40(48)30-10-14-39(51-24-33)38(47)19-30/h6,10-12,14,16,18-20,26-28,32-33,36H,5,7-9,13,15,17,21-25H2,1-4H3,(H,45,48)/b16-6+. The van der Waals surface area contributed by atoms with Crippen molar-refractivity contribution in [3.8, 4) is 5.75 Å². The van der Waals surface area contributed by atoms with E-state index < -0.39 is 17.0 Å². The van der Waals surface area contributed by atoms with Crippen LogP contribution in [0.15, 0.2) is 61.1 Å². The van der Waals surface area contributed by atoms with E-state index in [0.717, 1.165) is 93.4 Å². The van der Waals surface area contributed by atoms with Crippen LogP contribution in [-0.4, -0.2) is 76.1 Å². The molecule has 7 rings (SSSR count). The number of allylic oxidation sites excluding steroid dienone is 1. The van der Waals surface area contributed by atoms with Crippen molar-refractivity contribution < 1.29 is 18.8 Å².